The van der Waals surface area contributed by atoms with E-state index in [0.717, 1.165) is 25.2 Å². The van der Waals surface area contributed by atoms with Gasteiger partial charge in [-0.2, -0.15) is 0 Å². The zero-order valence-electron chi connectivity index (χ0n) is 13.2. The highest BCUT2D eigenvalue weighted by atomic mass is 15.1. The molecule has 1 aromatic heterocycles. The van der Waals surface area contributed by atoms with Gasteiger partial charge in [0.2, 0.25) is 0 Å². The molecule has 0 aliphatic carbocycles. The average Bonchev–Trinajstić information content (AvgIpc) is 2.52. The first-order valence-electron chi connectivity index (χ1n) is 7.51. The summed E-state index contributed by atoms with van der Waals surface area (Å²) in [6.07, 6.45) is 2.85. The summed E-state index contributed by atoms with van der Waals surface area (Å²) >= 11 is 0. The first-order chi connectivity index (χ1) is 10.2. The van der Waals surface area contributed by atoms with Gasteiger partial charge in [-0.3, -0.25) is 4.98 Å². The third kappa shape index (κ3) is 4.96. The van der Waals surface area contributed by atoms with Gasteiger partial charge in [0.1, 0.15) is 0 Å². The molecule has 1 heterocycles. The lowest BCUT2D eigenvalue weighted by atomic mass is 10.0. The van der Waals surface area contributed by atoms with Crippen molar-refractivity contribution in [3.8, 4) is 0 Å². The maximum atomic E-state index is 4.38. The highest BCUT2D eigenvalue weighted by Crippen LogP contribution is 2.14. The zero-order chi connectivity index (χ0) is 15.1. The molecule has 0 saturated carbocycles. The van der Waals surface area contributed by atoms with Gasteiger partial charge in [0.15, 0.2) is 0 Å². The molecule has 0 aliphatic rings. The molecule has 3 nitrogen and oxygen atoms in total. The van der Waals surface area contributed by atoms with Crippen molar-refractivity contribution in [1.29, 1.82) is 0 Å². The van der Waals surface area contributed by atoms with E-state index in [1.54, 1.807) is 0 Å². The molecule has 0 saturated heterocycles. The fraction of sp³-hybridized carbons (Fsp3) is 0.389. The molecule has 1 unspecified atom stereocenters. The van der Waals surface area contributed by atoms with Crippen LogP contribution >= 0.6 is 0 Å². The van der Waals surface area contributed by atoms with Crippen LogP contribution in [-0.4, -0.2) is 37.1 Å². The monoisotopic (exact) mass is 283 g/mol. The Bertz CT molecular complexity index is 522. The van der Waals surface area contributed by atoms with E-state index in [9.17, 15) is 0 Å². The van der Waals surface area contributed by atoms with Crippen molar-refractivity contribution in [2.24, 2.45) is 0 Å². The molecule has 1 aromatic carbocycles. The van der Waals surface area contributed by atoms with Gasteiger partial charge < -0.3 is 10.2 Å². The van der Waals surface area contributed by atoms with Gasteiger partial charge in [0.05, 0.1) is 0 Å². The van der Waals surface area contributed by atoms with Crippen LogP contribution < -0.4 is 5.32 Å². The maximum Gasteiger partial charge on any atom is 0.0446 e. The molecule has 2 rings (SSSR count). The molecule has 21 heavy (non-hydrogen) atoms. The molecule has 2 aromatic rings. The summed E-state index contributed by atoms with van der Waals surface area (Å²) in [7, 11) is 4.19. The number of aryl methyl sites for hydroxylation is 1. The molecule has 112 valence electrons. The highest BCUT2D eigenvalue weighted by molar-refractivity contribution is 5.24. The Morgan fingerprint density at radius 3 is 2.52 bits per heavy atom. The lowest BCUT2D eigenvalue weighted by Crippen LogP contribution is -2.32. The Morgan fingerprint density at radius 2 is 1.90 bits per heavy atom. The van der Waals surface area contributed by atoms with Crippen molar-refractivity contribution >= 4 is 0 Å². The van der Waals surface area contributed by atoms with Gasteiger partial charge in [-0.25, -0.2) is 0 Å². The SMILES string of the molecule is CNC(CN(C)CCc1ccccn1)c1ccc(C)cc1. The largest absolute Gasteiger partial charge is 0.312 e. The predicted molar refractivity (Wildman–Crippen MR) is 88.4 cm³/mol. The minimum atomic E-state index is 0.360. The van der Waals surface area contributed by atoms with Crippen molar-refractivity contribution in [1.82, 2.24) is 15.2 Å². The minimum Gasteiger partial charge on any atom is -0.312 e. The van der Waals surface area contributed by atoms with E-state index in [4.69, 9.17) is 0 Å². The van der Waals surface area contributed by atoms with Gasteiger partial charge in [0, 0.05) is 37.4 Å². The number of nitrogens with one attached hydrogen (secondary N) is 1. The number of nitrogens with zero attached hydrogens (tertiary/aromatic N) is 2. The molecule has 3 heteroatoms. The fourth-order valence-corrected chi connectivity index (χ4v) is 2.42. The van der Waals surface area contributed by atoms with Gasteiger partial charge in [0.25, 0.3) is 0 Å². The summed E-state index contributed by atoms with van der Waals surface area (Å²) in [5, 5.41) is 3.41. The smallest absolute Gasteiger partial charge is 0.0446 e. The van der Waals surface area contributed by atoms with Crippen molar-refractivity contribution in [3.05, 3.63) is 65.5 Å². The summed E-state index contributed by atoms with van der Waals surface area (Å²) in [4.78, 5) is 6.73. The Morgan fingerprint density at radius 1 is 1.14 bits per heavy atom. The van der Waals surface area contributed by atoms with Crippen molar-refractivity contribution in [2.45, 2.75) is 19.4 Å². The van der Waals surface area contributed by atoms with Crippen LogP contribution in [0.25, 0.3) is 0 Å². The molecule has 0 amide bonds. The zero-order valence-corrected chi connectivity index (χ0v) is 13.2. The predicted octanol–water partition coefficient (Wildman–Crippen LogP) is 2.83. The fourth-order valence-electron chi connectivity index (χ4n) is 2.42. The topological polar surface area (TPSA) is 28.2 Å². The van der Waals surface area contributed by atoms with Crippen LogP contribution in [0.2, 0.25) is 0 Å². The average molecular weight is 283 g/mol. The number of likely N-dealkylation sites (N-methyl/N-ethyl adjacent to an activating group) is 2. The van der Waals surface area contributed by atoms with E-state index in [2.05, 4.69) is 59.5 Å². The normalized spacial score (nSPS) is 12.6. The third-order valence-corrected chi connectivity index (χ3v) is 3.80. The third-order valence-electron chi connectivity index (χ3n) is 3.80. The first kappa shape index (κ1) is 15.7. The second-order valence-corrected chi connectivity index (χ2v) is 5.59. The van der Waals surface area contributed by atoms with E-state index in [-0.39, 0.29) is 0 Å². The molecule has 1 atom stereocenters. The van der Waals surface area contributed by atoms with Crippen LogP contribution in [-0.2, 0) is 6.42 Å². The minimum absolute atomic E-state index is 0.360. The number of hydrogen-bond acceptors (Lipinski definition) is 3. The van der Waals surface area contributed by atoms with Gasteiger partial charge in [-0.05, 0) is 38.7 Å². The van der Waals surface area contributed by atoms with Crippen LogP contribution in [0.3, 0.4) is 0 Å². The van der Waals surface area contributed by atoms with E-state index in [0.29, 0.717) is 6.04 Å². The van der Waals surface area contributed by atoms with Crippen LogP contribution in [0.15, 0.2) is 48.7 Å². The lowest BCUT2D eigenvalue weighted by Gasteiger charge is -2.24. The quantitative estimate of drug-likeness (QED) is 0.847. The number of hydrogen-bond donors (Lipinski definition) is 1. The summed E-state index contributed by atoms with van der Waals surface area (Å²) in [6, 6.07) is 15.2. The van der Waals surface area contributed by atoms with Crippen molar-refractivity contribution in [3.63, 3.8) is 0 Å². The Hall–Kier alpha value is -1.71. The van der Waals surface area contributed by atoms with Gasteiger partial charge in [-0.1, -0.05) is 35.9 Å². The number of aromatic nitrogens is 1. The molecule has 0 fully saturated rings. The van der Waals surface area contributed by atoms with Crippen LogP contribution in [0, 0.1) is 6.92 Å². The highest BCUT2D eigenvalue weighted by Gasteiger charge is 2.11. The Labute approximate surface area is 128 Å². The Balaban J connectivity index is 1.87. The van der Waals surface area contributed by atoms with Gasteiger partial charge >= 0.3 is 0 Å². The van der Waals surface area contributed by atoms with E-state index >= 15 is 0 Å². The van der Waals surface area contributed by atoms with Crippen LogP contribution in [0.5, 0.6) is 0 Å². The van der Waals surface area contributed by atoms with E-state index < -0.39 is 0 Å². The standard InChI is InChI=1S/C18H25N3/c1-15-7-9-16(10-8-15)18(19-2)14-21(3)13-11-17-6-4-5-12-20-17/h4-10,12,18-19H,11,13-14H2,1-3H3. The molecular formula is C18H25N3. The van der Waals surface area contributed by atoms with E-state index in [1.807, 2.05) is 25.4 Å². The number of benzene rings is 1. The first-order valence-corrected chi connectivity index (χ1v) is 7.51. The molecular weight excluding hydrogens is 258 g/mol. The van der Waals surface area contributed by atoms with Crippen LogP contribution in [0.4, 0.5) is 0 Å². The molecule has 0 aliphatic heterocycles. The second kappa shape index (κ2) is 7.91. The van der Waals surface area contributed by atoms with Gasteiger partial charge in [-0.15, -0.1) is 0 Å². The van der Waals surface area contributed by atoms with Crippen molar-refractivity contribution < 1.29 is 0 Å². The maximum absolute atomic E-state index is 4.38. The van der Waals surface area contributed by atoms with Crippen molar-refractivity contribution in [2.75, 3.05) is 27.2 Å². The summed E-state index contributed by atoms with van der Waals surface area (Å²) in [6.45, 7) is 4.13. The number of pyridine rings is 1. The molecule has 0 radical (unpaired) electrons. The van der Waals surface area contributed by atoms with E-state index in [1.165, 1.54) is 11.1 Å². The summed E-state index contributed by atoms with van der Waals surface area (Å²) in [5.74, 6) is 0. The molecule has 0 spiro atoms. The molecule has 1 N–H and O–H groups in total. The second-order valence-electron chi connectivity index (χ2n) is 5.59. The summed E-state index contributed by atoms with van der Waals surface area (Å²) in [5.41, 5.74) is 3.80. The molecule has 0 bridgehead atoms. The van der Waals surface area contributed by atoms with Crippen LogP contribution in [0.1, 0.15) is 22.9 Å². The lowest BCUT2D eigenvalue weighted by molar-refractivity contribution is 0.299. The summed E-state index contributed by atoms with van der Waals surface area (Å²) < 4.78 is 0. The Kier molecular flexibility index (Phi) is 5.90. The number of rotatable bonds is 7.